The lowest BCUT2D eigenvalue weighted by Gasteiger charge is -2.16. The number of benzene rings is 1. The van der Waals surface area contributed by atoms with Gasteiger partial charge in [-0.25, -0.2) is 13.1 Å². The van der Waals surface area contributed by atoms with Gasteiger partial charge in [-0.15, -0.1) is 0 Å². The zero-order chi connectivity index (χ0) is 15.5. The predicted molar refractivity (Wildman–Crippen MR) is 82.9 cm³/mol. The van der Waals surface area contributed by atoms with E-state index < -0.39 is 10.0 Å². The Labute approximate surface area is 127 Å². The minimum atomic E-state index is -3.56. The molecule has 0 spiro atoms. The van der Waals surface area contributed by atoms with Gasteiger partial charge >= 0.3 is 0 Å². The molecule has 1 unspecified atom stereocenters. The molecule has 21 heavy (non-hydrogen) atoms. The summed E-state index contributed by atoms with van der Waals surface area (Å²) >= 11 is 0. The number of hydrogen-bond acceptors (Lipinski definition) is 4. The van der Waals surface area contributed by atoms with Crippen molar-refractivity contribution >= 4 is 10.0 Å². The third kappa shape index (κ3) is 4.43. The molecule has 0 bridgehead atoms. The highest BCUT2D eigenvalue weighted by molar-refractivity contribution is 7.89. The first-order valence-corrected chi connectivity index (χ1v) is 8.78. The number of nitrogens with one attached hydrogen (secondary N) is 2. The summed E-state index contributed by atoms with van der Waals surface area (Å²) in [5.74, 6) is 1.06. The number of ether oxygens (including phenoxy) is 1. The van der Waals surface area contributed by atoms with Crippen LogP contribution in [0.4, 0.5) is 0 Å². The smallest absolute Gasteiger partial charge is 0.244 e. The lowest BCUT2D eigenvalue weighted by Crippen LogP contribution is -2.33. The van der Waals surface area contributed by atoms with Crippen LogP contribution in [0.25, 0.3) is 0 Å². The standard InChI is InChI=1S/C15H24N2O3S/c1-11(8-12-4-5-12)17-21(18,19)15-9-13(10-16-2)6-7-14(15)20-3/h6-7,9,11-12,16-17H,4-5,8,10H2,1-3H3. The van der Waals surface area contributed by atoms with E-state index in [0.717, 1.165) is 12.0 Å². The topological polar surface area (TPSA) is 67.4 Å². The van der Waals surface area contributed by atoms with E-state index in [2.05, 4.69) is 10.0 Å². The van der Waals surface area contributed by atoms with Crippen molar-refractivity contribution in [2.75, 3.05) is 14.2 Å². The fourth-order valence-corrected chi connectivity index (χ4v) is 3.95. The van der Waals surface area contributed by atoms with Crippen LogP contribution in [0.1, 0.15) is 31.7 Å². The van der Waals surface area contributed by atoms with Crippen molar-refractivity contribution in [2.45, 2.75) is 43.7 Å². The zero-order valence-electron chi connectivity index (χ0n) is 12.8. The molecule has 118 valence electrons. The summed E-state index contributed by atoms with van der Waals surface area (Å²) in [6.07, 6.45) is 3.33. The monoisotopic (exact) mass is 312 g/mol. The van der Waals surface area contributed by atoms with Gasteiger partial charge in [0.05, 0.1) is 7.11 Å². The Morgan fingerprint density at radius 2 is 2.10 bits per heavy atom. The van der Waals surface area contributed by atoms with E-state index in [9.17, 15) is 8.42 Å². The van der Waals surface area contributed by atoms with Crippen molar-refractivity contribution in [3.63, 3.8) is 0 Å². The van der Waals surface area contributed by atoms with Gasteiger partial charge in [0.25, 0.3) is 0 Å². The Morgan fingerprint density at radius 1 is 1.38 bits per heavy atom. The van der Waals surface area contributed by atoms with E-state index in [1.54, 1.807) is 12.1 Å². The van der Waals surface area contributed by atoms with Gasteiger partial charge in [-0.2, -0.15) is 0 Å². The van der Waals surface area contributed by atoms with Crippen LogP contribution in [0.5, 0.6) is 5.75 Å². The summed E-state index contributed by atoms with van der Waals surface area (Å²) in [6.45, 7) is 2.53. The van der Waals surface area contributed by atoms with Crippen molar-refractivity contribution in [1.29, 1.82) is 0 Å². The van der Waals surface area contributed by atoms with Gasteiger partial charge in [-0.3, -0.25) is 0 Å². The van der Waals surface area contributed by atoms with E-state index in [4.69, 9.17) is 4.74 Å². The van der Waals surface area contributed by atoms with Gasteiger partial charge < -0.3 is 10.1 Å². The van der Waals surface area contributed by atoms with Crippen LogP contribution in [0.3, 0.4) is 0 Å². The fourth-order valence-electron chi connectivity index (χ4n) is 2.48. The van der Waals surface area contributed by atoms with Crippen molar-refractivity contribution in [1.82, 2.24) is 10.0 Å². The second-order valence-corrected chi connectivity index (χ2v) is 7.40. The van der Waals surface area contributed by atoms with Crippen molar-refractivity contribution in [3.8, 4) is 5.75 Å². The molecule has 0 heterocycles. The number of methoxy groups -OCH3 is 1. The molecular weight excluding hydrogens is 288 g/mol. The summed E-state index contributed by atoms with van der Waals surface area (Å²) in [6, 6.07) is 5.18. The average Bonchev–Trinajstić information content (AvgIpc) is 3.22. The molecule has 1 fully saturated rings. The van der Waals surface area contributed by atoms with E-state index in [0.29, 0.717) is 18.2 Å². The van der Waals surface area contributed by atoms with Crippen molar-refractivity contribution in [3.05, 3.63) is 23.8 Å². The fraction of sp³-hybridized carbons (Fsp3) is 0.600. The number of hydrogen-bond donors (Lipinski definition) is 2. The first-order chi connectivity index (χ1) is 9.96. The Hall–Kier alpha value is -1.11. The maximum absolute atomic E-state index is 12.6. The summed E-state index contributed by atoms with van der Waals surface area (Å²) in [4.78, 5) is 0.209. The van der Waals surface area contributed by atoms with Gasteiger partial charge in [-0.1, -0.05) is 18.9 Å². The Morgan fingerprint density at radius 3 is 2.67 bits per heavy atom. The van der Waals surface area contributed by atoms with Crippen LogP contribution >= 0.6 is 0 Å². The van der Waals surface area contributed by atoms with E-state index in [1.807, 2.05) is 20.0 Å². The van der Waals surface area contributed by atoms with Gasteiger partial charge in [0.15, 0.2) is 0 Å². The Bertz CT molecular complexity index is 583. The van der Waals surface area contributed by atoms with E-state index in [-0.39, 0.29) is 10.9 Å². The largest absolute Gasteiger partial charge is 0.495 e. The Kier molecular flexibility index (Phi) is 5.24. The van der Waals surface area contributed by atoms with Crippen LogP contribution in [0.2, 0.25) is 0 Å². The van der Waals surface area contributed by atoms with E-state index >= 15 is 0 Å². The molecule has 0 saturated heterocycles. The highest BCUT2D eigenvalue weighted by Gasteiger charge is 2.27. The maximum atomic E-state index is 12.6. The minimum Gasteiger partial charge on any atom is -0.495 e. The van der Waals surface area contributed by atoms with Crippen LogP contribution < -0.4 is 14.8 Å². The molecule has 1 atom stereocenters. The van der Waals surface area contributed by atoms with Gasteiger partial charge in [-0.05, 0) is 44.0 Å². The second-order valence-electron chi connectivity index (χ2n) is 5.72. The first kappa shape index (κ1) is 16.3. The summed E-state index contributed by atoms with van der Waals surface area (Å²) in [7, 11) is -0.250. The summed E-state index contributed by atoms with van der Waals surface area (Å²) in [5.41, 5.74) is 0.911. The molecule has 2 N–H and O–H groups in total. The average molecular weight is 312 g/mol. The highest BCUT2D eigenvalue weighted by Crippen LogP contribution is 2.34. The molecule has 0 aliphatic heterocycles. The summed E-state index contributed by atoms with van der Waals surface area (Å²) in [5, 5.41) is 3.02. The van der Waals surface area contributed by atoms with Crippen LogP contribution in [-0.2, 0) is 16.6 Å². The molecule has 1 aliphatic rings. The third-order valence-corrected chi connectivity index (χ3v) is 5.25. The lowest BCUT2D eigenvalue weighted by molar-refractivity contribution is 0.401. The van der Waals surface area contributed by atoms with Gasteiger partial charge in [0.1, 0.15) is 10.6 Å². The molecule has 1 aliphatic carbocycles. The first-order valence-electron chi connectivity index (χ1n) is 7.30. The van der Waals surface area contributed by atoms with Crippen LogP contribution in [0, 0.1) is 5.92 Å². The molecule has 0 amide bonds. The molecule has 0 aromatic heterocycles. The van der Waals surface area contributed by atoms with Gasteiger partial charge in [0, 0.05) is 12.6 Å². The predicted octanol–water partition coefficient (Wildman–Crippen LogP) is 1.88. The molecule has 6 heteroatoms. The van der Waals surface area contributed by atoms with Crippen LogP contribution in [0.15, 0.2) is 23.1 Å². The zero-order valence-corrected chi connectivity index (χ0v) is 13.7. The minimum absolute atomic E-state index is 0.0554. The SMILES string of the molecule is CNCc1ccc(OC)c(S(=O)(=O)NC(C)CC2CC2)c1. The molecule has 1 aromatic carbocycles. The number of sulfonamides is 1. The molecule has 1 saturated carbocycles. The molecule has 5 nitrogen and oxygen atoms in total. The molecule has 1 aromatic rings. The second kappa shape index (κ2) is 6.77. The Balaban J connectivity index is 2.21. The van der Waals surface area contributed by atoms with E-state index in [1.165, 1.54) is 20.0 Å². The molecular formula is C15H24N2O3S. The third-order valence-electron chi connectivity index (χ3n) is 3.64. The summed E-state index contributed by atoms with van der Waals surface area (Å²) < 4.78 is 33.1. The normalized spacial score (nSPS) is 16.7. The van der Waals surface area contributed by atoms with Crippen molar-refractivity contribution < 1.29 is 13.2 Å². The maximum Gasteiger partial charge on any atom is 0.244 e. The molecule has 0 radical (unpaired) electrons. The molecule has 2 rings (SSSR count). The van der Waals surface area contributed by atoms with Crippen LogP contribution in [-0.4, -0.2) is 28.6 Å². The number of rotatable bonds is 8. The highest BCUT2D eigenvalue weighted by atomic mass is 32.2. The quantitative estimate of drug-likeness (QED) is 0.769. The lowest BCUT2D eigenvalue weighted by atomic mass is 10.2. The van der Waals surface area contributed by atoms with Gasteiger partial charge in [0.2, 0.25) is 10.0 Å². The van der Waals surface area contributed by atoms with Crippen molar-refractivity contribution in [2.24, 2.45) is 5.92 Å².